The summed E-state index contributed by atoms with van der Waals surface area (Å²) in [6, 6.07) is -1.49. The van der Waals surface area contributed by atoms with E-state index >= 15 is 0 Å². The van der Waals surface area contributed by atoms with Crippen LogP contribution in [0.3, 0.4) is 0 Å². The van der Waals surface area contributed by atoms with Gasteiger partial charge in [-0.2, -0.15) is 0 Å². The number of ether oxygens (including phenoxy) is 2. The second kappa shape index (κ2) is 13.9. The van der Waals surface area contributed by atoms with Crippen molar-refractivity contribution in [2.24, 2.45) is 0 Å². The van der Waals surface area contributed by atoms with E-state index in [0.29, 0.717) is 0 Å². The maximum Gasteiger partial charge on any atom is 0.475 e. The van der Waals surface area contributed by atoms with Gasteiger partial charge in [-0.05, 0) is 34.0 Å². The number of phosphoric ester groups is 1. The smallest absolute Gasteiger partial charge is 0.453 e. The molecular weight excluding hydrogens is 598 g/mol. The number of esters is 1. The summed E-state index contributed by atoms with van der Waals surface area (Å²) < 4.78 is 34.5. The van der Waals surface area contributed by atoms with Crippen LogP contribution in [0.2, 0.25) is 0 Å². The topological polar surface area (TPSA) is 109 Å². The number of phosphoric acid groups is 1. The van der Waals surface area contributed by atoms with Gasteiger partial charge in [-0.1, -0.05) is 69.6 Å². The van der Waals surface area contributed by atoms with Crippen LogP contribution in [-0.2, 0) is 32.4 Å². The average Bonchev–Trinajstić information content (AvgIpc) is 2.58. The molecule has 0 heterocycles. The molecule has 9 nitrogen and oxygen atoms in total. The van der Waals surface area contributed by atoms with Gasteiger partial charge < -0.3 is 14.8 Å². The summed E-state index contributed by atoms with van der Waals surface area (Å²) in [6.45, 7) is 4.68. The summed E-state index contributed by atoms with van der Waals surface area (Å²) in [4.78, 5) is 24.7. The normalized spacial score (nSPS) is 15.1. The van der Waals surface area contributed by atoms with Crippen molar-refractivity contribution in [2.45, 2.75) is 53.0 Å². The van der Waals surface area contributed by atoms with Crippen molar-refractivity contribution in [1.29, 1.82) is 0 Å². The molecule has 1 N–H and O–H groups in total. The molecule has 0 saturated heterocycles. The van der Waals surface area contributed by atoms with Crippen LogP contribution in [0.25, 0.3) is 0 Å². The van der Waals surface area contributed by atoms with Gasteiger partial charge in [-0.25, -0.2) is 14.2 Å². The molecule has 0 rings (SSSR count). The van der Waals surface area contributed by atoms with Crippen molar-refractivity contribution in [3.05, 3.63) is 0 Å². The van der Waals surface area contributed by atoms with Gasteiger partial charge in [-0.15, -0.1) is 11.8 Å². The van der Waals surface area contributed by atoms with Gasteiger partial charge in [0.05, 0.1) is 6.10 Å². The number of halogens is 6. The molecule has 0 fully saturated rings. The highest BCUT2D eigenvalue weighted by Crippen LogP contribution is 2.53. The lowest BCUT2D eigenvalue weighted by molar-refractivity contribution is -0.146. The number of rotatable bonds is 11. The molecule has 32 heavy (non-hydrogen) atoms. The molecule has 2 atom stereocenters. The predicted molar refractivity (Wildman–Crippen MR) is 128 cm³/mol. The van der Waals surface area contributed by atoms with Gasteiger partial charge in [0.25, 0.3) is 0 Å². The molecule has 0 radical (unpaired) electrons. The number of hydrogen-bond acceptors (Lipinski definition) is 9. The lowest BCUT2D eigenvalue weighted by Crippen LogP contribution is -2.50. The molecule has 0 saturated carbocycles. The predicted octanol–water partition coefficient (Wildman–Crippen LogP) is 6.03. The Hall–Kier alpha value is 0.940. The summed E-state index contributed by atoms with van der Waals surface area (Å²) in [5, 5.41) is 2.29. The van der Waals surface area contributed by atoms with Gasteiger partial charge in [0.1, 0.15) is 24.8 Å². The Bertz CT molecular complexity index is 648. The minimum atomic E-state index is -4.58. The van der Waals surface area contributed by atoms with E-state index in [9.17, 15) is 14.2 Å². The monoisotopic (exact) mass is 619 g/mol. The van der Waals surface area contributed by atoms with Crippen molar-refractivity contribution in [1.82, 2.24) is 5.32 Å². The Labute approximate surface area is 221 Å². The number of carbonyl (C=O) groups is 2. The number of carbonyl (C=O) groups excluding carboxylic acids is 2. The first kappa shape index (κ1) is 32.9. The molecule has 0 aromatic carbocycles. The van der Waals surface area contributed by atoms with E-state index in [4.69, 9.17) is 92.7 Å². The van der Waals surface area contributed by atoms with E-state index in [2.05, 4.69) is 5.32 Å². The zero-order valence-electron chi connectivity index (χ0n) is 17.7. The van der Waals surface area contributed by atoms with Crippen LogP contribution in [-0.4, -0.2) is 62.8 Å². The quantitative estimate of drug-likeness (QED) is 0.128. The number of alkyl halides is 6. The maximum absolute atomic E-state index is 13.1. The second-order valence-corrected chi connectivity index (χ2v) is 14.5. The Morgan fingerprint density at radius 1 is 1.00 bits per heavy atom. The second-order valence-electron chi connectivity index (χ2n) is 7.03. The summed E-state index contributed by atoms with van der Waals surface area (Å²) >= 11 is 34.9. The lowest BCUT2D eigenvalue weighted by Gasteiger charge is -2.29. The molecule has 0 spiro atoms. The van der Waals surface area contributed by atoms with Crippen LogP contribution >= 0.6 is 89.2 Å². The van der Waals surface area contributed by atoms with Crippen molar-refractivity contribution in [3.63, 3.8) is 0 Å². The first-order valence-corrected chi connectivity index (χ1v) is 13.8. The summed E-state index contributed by atoms with van der Waals surface area (Å²) in [5.74, 6) is -0.935. The van der Waals surface area contributed by atoms with Crippen molar-refractivity contribution in [3.8, 4) is 0 Å². The number of alkyl carbamates (subject to hydrolysis) is 1. The Morgan fingerprint density at radius 3 is 1.84 bits per heavy atom. The third-order valence-corrected chi connectivity index (χ3v) is 5.27. The zero-order valence-corrected chi connectivity index (χ0v) is 23.9. The molecule has 0 aromatic heterocycles. The highest BCUT2D eigenvalue weighted by molar-refractivity contribution is 7.98. The molecule has 0 unspecified atom stereocenters. The van der Waals surface area contributed by atoms with Crippen molar-refractivity contribution in [2.75, 3.05) is 25.4 Å². The first-order valence-electron chi connectivity index (χ1n) is 8.63. The van der Waals surface area contributed by atoms with Crippen molar-refractivity contribution >= 4 is 101 Å². The van der Waals surface area contributed by atoms with Gasteiger partial charge >= 0.3 is 19.9 Å². The van der Waals surface area contributed by atoms with Crippen LogP contribution in [0.5, 0.6) is 0 Å². The fourth-order valence-corrected chi connectivity index (χ4v) is 4.12. The van der Waals surface area contributed by atoms with E-state index in [1.165, 1.54) is 18.7 Å². The first-order chi connectivity index (χ1) is 14.3. The number of nitrogens with one attached hydrogen (secondary N) is 1. The number of thioether (sulfide) groups is 1. The summed E-state index contributed by atoms with van der Waals surface area (Å²) in [5.41, 5.74) is -0.863. The number of amides is 1. The zero-order chi connectivity index (χ0) is 25.4. The van der Waals surface area contributed by atoms with E-state index in [0.717, 1.165) is 0 Å². The standard InChI is InChI=1S/C15H24Cl6NO8PS/c1-9(10(11(23)26-8-32-5)22-12(24)29-13(2,3)4)30-31(25,27-6-14(16,17)18)28-7-15(19,20)21/h9-10H,6-8H2,1-5H3,(H,22,24)/t9-,10+/m1/s1. The van der Waals surface area contributed by atoms with Crippen LogP contribution in [0.1, 0.15) is 27.7 Å². The van der Waals surface area contributed by atoms with E-state index < -0.39 is 58.4 Å². The van der Waals surface area contributed by atoms with Crippen molar-refractivity contribution < 1.29 is 37.2 Å². The minimum Gasteiger partial charge on any atom is -0.453 e. The molecule has 0 aliphatic rings. The van der Waals surface area contributed by atoms with Gasteiger partial charge in [0.15, 0.2) is 6.04 Å². The number of hydrogen-bond donors (Lipinski definition) is 1. The maximum atomic E-state index is 13.1. The lowest BCUT2D eigenvalue weighted by atomic mass is 10.2. The highest BCUT2D eigenvalue weighted by Gasteiger charge is 2.41. The Morgan fingerprint density at radius 2 is 1.47 bits per heavy atom. The Balaban J connectivity index is 5.65. The third kappa shape index (κ3) is 16.5. The Kier molecular flexibility index (Phi) is 14.3. The van der Waals surface area contributed by atoms with Gasteiger partial charge in [0.2, 0.25) is 7.59 Å². The molecule has 0 aliphatic carbocycles. The molecule has 0 aliphatic heterocycles. The van der Waals surface area contributed by atoms with Crippen LogP contribution in [0.15, 0.2) is 0 Å². The molecule has 1 amide bonds. The van der Waals surface area contributed by atoms with E-state index in [1.54, 1.807) is 27.0 Å². The van der Waals surface area contributed by atoms with Crippen LogP contribution in [0.4, 0.5) is 4.79 Å². The molecule has 0 aromatic rings. The molecule has 190 valence electrons. The van der Waals surface area contributed by atoms with Gasteiger partial charge in [0, 0.05) is 0 Å². The third-order valence-electron chi connectivity index (χ3n) is 2.78. The SMILES string of the molecule is CSCOC(=O)[C@@H](NC(=O)OC(C)(C)C)[C@@H](C)OP(=O)(OCC(Cl)(Cl)Cl)OCC(Cl)(Cl)Cl. The fourth-order valence-electron chi connectivity index (χ4n) is 1.68. The largest absolute Gasteiger partial charge is 0.475 e. The summed E-state index contributed by atoms with van der Waals surface area (Å²) in [6.07, 6.45) is -0.626. The van der Waals surface area contributed by atoms with Crippen LogP contribution in [0, 0.1) is 0 Å². The minimum absolute atomic E-state index is 0.0246. The van der Waals surface area contributed by atoms with Crippen LogP contribution < -0.4 is 5.32 Å². The van der Waals surface area contributed by atoms with E-state index in [-0.39, 0.29) is 5.94 Å². The fraction of sp³-hybridized carbons (Fsp3) is 0.867. The van der Waals surface area contributed by atoms with Gasteiger partial charge in [-0.3, -0.25) is 13.6 Å². The molecular formula is C15H24Cl6NO8PS. The molecule has 0 bridgehead atoms. The average molecular weight is 622 g/mol. The highest BCUT2D eigenvalue weighted by atomic mass is 35.6. The molecule has 17 heteroatoms. The summed E-state index contributed by atoms with van der Waals surface area (Å²) in [7, 11) is -4.58. The van der Waals surface area contributed by atoms with E-state index in [1.807, 2.05) is 0 Å².